The first-order valence-corrected chi connectivity index (χ1v) is 7.99. The Kier molecular flexibility index (Phi) is 4.55. The summed E-state index contributed by atoms with van der Waals surface area (Å²) < 4.78 is 5.54. The summed E-state index contributed by atoms with van der Waals surface area (Å²) in [5.74, 6) is -0.300. The maximum absolute atomic E-state index is 12.5. The van der Waals surface area contributed by atoms with E-state index in [1.807, 2.05) is 24.3 Å². The normalized spacial score (nSPS) is 25.2. The zero-order valence-corrected chi connectivity index (χ0v) is 12.9. The topological polar surface area (TPSA) is 58.6 Å². The van der Waals surface area contributed by atoms with Crippen LogP contribution in [0.3, 0.4) is 0 Å². The van der Waals surface area contributed by atoms with E-state index in [2.05, 4.69) is 12.2 Å². The number of benzene rings is 1. The lowest BCUT2D eigenvalue weighted by molar-refractivity contribution is -0.121. The Bertz CT molecular complexity index is 550. The molecule has 0 spiro atoms. The number of imide groups is 1. The van der Waals surface area contributed by atoms with Gasteiger partial charge in [0, 0.05) is 13.2 Å². The highest BCUT2D eigenvalue weighted by atomic mass is 16.5. The lowest BCUT2D eigenvalue weighted by Crippen LogP contribution is -2.41. The fourth-order valence-electron chi connectivity index (χ4n) is 3.02. The minimum atomic E-state index is -0.428. The molecular weight excluding hydrogens is 280 g/mol. The zero-order chi connectivity index (χ0) is 15.5. The van der Waals surface area contributed by atoms with E-state index in [0.717, 1.165) is 25.9 Å². The average molecular weight is 302 g/mol. The number of nitrogens with zero attached hydrogens (tertiary/aromatic N) is 1. The summed E-state index contributed by atoms with van der Waals surface area (Å²) in [4.78, 5) is 26.0. The average Bonchev–Trinajstić information content (AvgIpc) is 3.14. The van der Waals surface area contributed by atoms with Crippen LogP contribution in [0.2, 0.25) is 0 Å². The van der Waals surface area contributed by atoms with Crippen molar-refractivity contribution in [2.45, 2.75) is 44.8 Å². The van der Waals surface area contributed by atoms with Gasteiger partial charge in [-0.1, -0.05) is 19.1 Å². The van der Waals surface area contributed by atoms with Gasteiger partial charge < -0.3 is 10.1 Å². The standard InChI is InChI=1S/C17H22N2O3/c1-2-12-5-7-13(8-6-12)19-16(20)10-15(17(19)21)18-11-14-4-3-9-22-14/h5-8,14-15,18H,2-4,9-11H2,1H3/t14-,15+/m0/s1. The molecule has 1 aromatic carbocycles. The van der Waals surface area contributed by atoms with Crippen molar-refractivity contribution < 1.29 is 14.3 Å². The summed E-state index contributed by atoms with van der Waals surface area (Å²) in [6.07, 6.45) is 3.42. The smallest absolute Gasteiger partial charge is 0.251 e. The third kappa shape index (κ3) is 3.05. The first-order valence-electron chi connectivity index (χ1n) is 7.99. The van der Waals surface area contributed by atoms with Crippen LogP contribution in [0.5, 0.6) is 0 Å². The maximum Gasteiger partial charge on any atom is 0.251 e. The fraction of sp³-hybridized carbons (Fsp3) is 0.529. The van der Waals surface area contributed by atoms with Crippen LogP contribution in [-0.4, -0.2) is 37.1 Å². The predicted molar refractivity (Wildman–Crippen MR) is 83.7 cm³/mol. The van der Waals surface area contributed by atoms with Gasteiger partial charge in [-0.3, -0.25) is 9.59 Å². The second kappa shape index (κ2) is 6.58. The van der Waals surface area contributed by atoms with Gasteiger partial charge in [-0.25, -0.2) is 4.90 Å². The van der Waals surface area contributed by atoms with Crippen LogP contribution in [0, 0.1) is 0 Å². The number of hydrogen-bond donors (Lipinski definition) is 1. The molecule has 1 aromatic rings. The Morgan fingerprint density at radius 3 is 2.68 bits per heavy atom. The zero-order valence-electron chi connectivity index (χ0n) is 12.9. The fourth-order valence-corrected chi connectivity index (χ4v) is 3.02. The molecule has 5 nitrogen and oxygen atoms in total. The van der Waals surface area contributed by atoms with Crippen LogP contribution < -0.4 is 10.2 Å². The van der Waals surface area contributed by atoms with Gasteiger partial charge in [-0.2, -0.15) is 0 Å². The number of anilines is 1. The first kappa shape index (κ1) is 15.2. The van der Waals surface area contributed by atoms with E-state index < -0.39 is 6.04 Å². The van der Waals surface area contributed by atoms with E-state index in [4.69, 9.17) is 4.74 Å². The Morgan fingerprint density at radius 2 is 2.05 bits per heavy atom. The molecule has 0 saturated carbocycles. The third-order valence-corrected chi connectivity index (χ3v) is 4.37. The molecular formula is C17H22N2O3. The molecule has 0 bridgehead atoms. The number of carbonyl (C=O) groups is 2. The number of carbonyl (C=O) groups excluding carboxylic acids is 2. The van der Waals surface area contributed by atoms with Crippen LogP contribution >= 0.6 is 0 Å². The molecule has 1 N–H and O–H groups in total. The van der Waals surface area contributed by atoms with Gasteiger partial charge in [-0.15, -0.1) is 0 Å². The van der Waals surface area contributed by atoms with Gasteiger partial charge in [-0.05, 0) is 37.0 Å². The minimum Gasteiger partial charge on any atom is -0.377 e. The van der Waals surface area contributed by atoms with E-state index in [0.29, 0.717) is 12.2 Å². The summed E-state index contributed by atoms with van der Waals surface area (Å²) in [7, 11) is 0. The largest absolute Gasteiger partial charge is 0.377 e. The molecule has 0 radical (unpaired) electrons. The molecule has 2 fully saturated rings. The molecule has 2 aliphatic rings. The Labute approximate surface area is 130 Å². The molecule has 0 aromatic heterocycles. The van der Waals surface area contributed by atoms with E-state index in [-0.39, 0.29) is 24.3 Å². The number of hydrogen-bond acceptors (Lipinski definition) is 4. The van der Waals surface area contributed by atoms with E-state index in [1.165, 1.54) is 10.5 Å². The van der Waals surface area contributed by atoms with Crippen molar-refractivity contribution >= 4 is 17.5 Å². The Hall–Kier alpha value is -1.72. The maximum atomic E-state index is 12.5. The molecule has 2 amide bonds. The Morgan fingerprint density at radius 1 is 1.27 bits per heavy atom. The van der Waals surface area contributed by atoms with Crippen molar-refractivity contribution in [3.8, 4) is 0 Å². The highest BCUT2D eigenvalue weighted by Crippen LogP contribution is 2.23. The van der Waals surface area contributed by atoms with Gasteiger partial charge in [0.15, 0.2) is 0 Å². The lowest BCUT2D eigenvalue weighted by Gasteiger charge is -2.17. The molecule has 0 aliphatic carbocycles. The van der Waals surface area contributed by atoms with E-state index in [9.17, 15) is 9.59 Å². The monoisotopic (exact) mass is 302 g/mol. The van der Waals surface area contributed by atoms with Crippen molar-refractivity contribution in [3.05, 3.63) is 29.8 Å². The van der Waals surface area contributed by atoms with Gasteiger partial charge in [0.05, 0.1) is 24.3 Å². The highest BCUT2D eigenvalue weighted by molar-refractivity contribution is 6.22. The number of aryl methyl sites for hydroxylation is 1. The third-order valence-electron chi connectivity index (χ3n) is 4.37. The summed E-state index contributed by atoms with van der Waals surface area (Å²) in [5.41, 5.74) is 1.85. The van der Waals surface area contributed by atoms with E-state index >= 15 is 0 Å². The molecule has 22 heavy (non-hydrogen) atoms. The van der Waals surface area contributed by atoms with Crippen LogP contribution in [0.1, 0.15) is 31.7 Å². The van der Waals surface area contributed by atoms with Crippen LogP contribution in [0.4, 0.5) is 5.69 Å². The molecule has 118 valence electrons. The van der Waals surface area contributed by atoms with Crippen LogP contribution in [0.25, 0.3) is 0 Å². The molecule has 2 aliphatic heterocycles. The van der Waals surface area contributed by atoms with Crippen molar-refractivity contribution in [3.63, 3.8) is 0 Å². The lowest BCUT2D eigenvalue weighted by atomic mass is 10.1. The van der Waals surface area contributed by atoms with Crippen molar-refractivity contribution in [2.24, 2.45) is 0 Å². The summed E-state index contributed by atoms with van der Waals surface area (Å²) >= 11 is 0. The van der Waals surface area contributed by atoms with Crippen molar-refractivity contribution in [1.29, 1.82) is 0 Å². The summed E-state index contributed by atoms with van der Waals surface area (Å²) in [6.45, 7) is 3.50. The second-order valence-corrected chi connectivity index (χ2v) is 5.89. The minimum absolute atomic E-state index is 0.140. The second-order valence-electron chi connectivity index (χ2n) is 5.89. The van der Waals surface area contributed by atoms with Gasteiger partial charge in [0.1, 0.15) is 0 Å². The Balaban J connectivity index is 1.65. The summed E-state index contributed by atoms with van der Waals surface area (Å²) in [6, 6.07) is 7.18. The SMILES string of the molecule is CCc1ccc(N2C(=O)C[C@@H](NC[C@@H]3CCCO3)C2=O)cc1. The van der Waals surface area contributed by atoms with Gasteiger partial charge >= 0.3 is 0 Å². The van der Waals surface area contributed by atoms with Crippen molar-refractivity contribution in [1.82, 2.24) is 5.32 Å². The number of amides is 2. The van der Waals surface area contributed by atoms with Gasteiger partial charge in [0.25, 0.3) is 5.91 Å². The van der Waals surface area contributed by atoms with Gasteiger partial charge in [0.2, 0.25) is 5.91 Å². The van der Waals surface area contributed by atoms with E-state index in [1.54, 1.807) is 0 Å². The molecule has 3 rings (SSSR count). The number of rotatable bonds is 5. The molecule has 2 saturated heterocycles. The molecule has 5 heteroatoms. The van der Waals surface area contributed by atoms with Crippen LogP contribution in [-0.2, 0) is 20.7 Å². The molecule has 0 unspecified atom stereocenters. The predicted octanol–water partition coefficient (Wildman–Crippen LogP) is 1.65. The quantitative estimate of drug-likeness (QED) is 0.840. The molecule has 2 atom stereocenters. The van der Waals surface area contributed by atoms with Crippen molar-refractivity contribution in [2.75, 3.05) is 18.1 Å². The summed E-state index contributed by atoms with van der Waals surface area (Å²) in [5, 5.41) is 3.19. The highest BCUT2D eigenvalue weighted by Gasteiger charge is 2.39. The molecule has 2 heterocycles. The van der Waals surface area contributed by atoms with Crippen LogP contribution in [0.15, 0.2) is 24.3 Å². The first-order chi connectivity index (χ1) is 10.7. The number of ether oxygens (including phenoxy) is 1. The number of nitrogens with one attached hydrogen (secondary N) is 1.